The van der Waals surface area contributed by atoms with Crippen LogP contribution in [-0.4, -0.2) is 9.97 Å². The Bertz CT molecular complexity index is 485. The van der Waals surface area contributed by atoms with Crippen LogP contribution in [0.4, 0.5) is 0 Å². The number of aromatic nitrogens is 2. The third-order valence-electron chi connectivity index (χ3n) is 2.49. The van der Waals surface area contributed by atoms with Crippen LogP contribution in [0.5, 0.6) is 0 Å². The molecule has 2 heterocycles. The number of hydrogen-bond donors (Lipinski definition) is 1. The molecule has 2 aromatic heterocycles. The highest BCUT2D eigenvalue weighted by Crippen LogP contribution is 2.27. The van der Waals surface area contributed by atoms with Crippen molar-refractivity contribution in [3.05, 3.63) is 35.3 Å². The summed E-state index contributed by atoms with van der Waals surface area (Å²) in [6.07, 6.45) is 1.79. The molecule has 0 fully saturated rings. The molecule has 2 rings (SSSR count). The van der Waals surface area contributed by atoms with Crippen LogP contribution in [0.15, 0.2) is 33.0 Å². The number of aryl methyl sites for hydroxylation is 2. The number of nitrogens with two attached hydrogens (primary N) is 1. The minimum atomic E-state index is 0.00720. The molecule has 0 aliphatic heterocycles. The molecule has 17 heavy (non-hydrogen) atoms. The normalized spacial score (nSPS) is 12.7. The van der Waals surface area contributed by atoms with E-state index in [4.69, 9.17) is 10.2 Å². The van der Waals surface area contributed by atoms with Crippen molar-refractivity contribution >= 4 is 11.8 Å². The standard InChI is InChI=1S/C12H15N3OS/c1-7(13)10-4-5-11(14-6-10)17-12-15-8(2)9(3)16-12/h4-7H,13H2,1-3H3/t7-/m0/s1. The number of pyridine rings is 1. The van der Waals surface area contributed by atoms with Gasteiger partial charge in [-0.3, -0.25) is 0 Å². The summed E-state index contributed by atoms with van der Waals surface area (Å²) in [7, 11) is 0. The summed E-state index contributed by atoms with van der Waals surface area (Å²) < 4.78 is 5.48. The summed E-state index contributed by atoms with van der Waals surface area (Å²) in [5.41, 5.74) is 7.70. The average Bonchev–Trinajstić information content (AvgIpc) is 2.58. The quantitative estimate of drug-likeness (QED) is 0.906. The molecule has 0 aromatic carbocycles. The molecule has 5 heteroatoms. The molecule has 2 N–H and O–H groups in total. The first kappa shape index (κ1) is 12.1. The highest BCUT2D eigenvalue weighted by atomic mass is 32.2. The van der Waals surface area contributed by atoms with E-state index in [1.807, 2.05) is 32.9 Å². The lowest BCUT2D eigenvalue weighted by molar-refractivity contribution is 0.431. The van der Waals surface area contributed by atoms with Gasteiger partial charge >= 0.3 is 0 Å². The predicted octanol–water partition coefficient (Wildman–Crippen LogP) is 2.86. The molecule has 1 atom stereocenters. The minimum Gasteiger partial charge on any atom is -0.436 e. The molecule has 0 spiro atoms. The Hall–Kier alpha value is -1.33. The molecule has 0 amide bonds. The highest BCUT2D eigenvalue weighted by Gasteiger charge is 2.08. The van der Waals surface area contributed by atoms with E-state index in [1.54, 1.807) is 6.20 Å². The Labute approximate surface area is 105 Å². The number of hydrogen-bond acceptors (Lipinski definition) is 5. The smallest absolute Gasteiger partial charge is 0.262 e. The minimum absolute atomic E-state index is 0.00720. The van der Waals surface area contributed by atoms with Crippen molar-refractivity contribution in [3.63, 3.8) is 0 Å². The van der Waals surface area contributed by atoms with Crippen molar-refractivity contribution in [1.29, 1.82) is 0 Å². The van der Waals surface area contributed by atoms with Crippen molar-refractivity contribution in [2.45, 2.75) is 37.1 Å². The summed E-state index contributed by atoms with van der Waals surface area (Å²) in [5, 5.41) is 1.48. The topological polar surface area (TPSA) is 64.9 Å². The van der Waals surface area contributed by atoms with Crippen molar-refractivity contribution in [3.8, 4) is 0 Å². The maximum atomic E-state index is 5.76. The van der Waals surface area contributed by atoms with Gasteiger partial charge in [-0.2, -0.15) is 0 Å². The maximum absolute atomic E-state index is 5.76. The first-order chi connectivity index (χ1) is 8.06. The molecule has 4 nitrogen and oxygen atoms in total. The fourth-order valence-electron chi connectivity index (χ4n) is 1.30. The van der Waals surface area contributed by atoms with E-state index in [-0.39, 0.29) is 6.04 Å². The van der Waals surface area contributed by atoms with Gasteiger partial charge in [-0.15, -0.1) is 0 Å². The molecule has 0 unspecified atom stereocenters. The van der Waals surface area contributed by atoms with Crippen molar-refractivity contribution in [2.75, 3.05) is 0 Å². The number of nitrogens with zero attached hydrogens (tertiary/aromatic N) is 2. The van der Waals surface area contributed by atoms with E-state index >= 15 is 0 Å². The van der Waals surface area contributed by atoms with Crippen LogP contribution in [0.1, 0.15) is 30.0 Å². The van der Waals surface area contributed by atoms with Crippen LogP contribution in [0.2, 0.25) is 0 Å². The number of oxazole rings is 1. The maximum Gasteiger partial charge on any atom is 0.262 e. The molecular formula is C12H15N3OS. The van der Waals surface area contributed by atoms with Gasteiger partial charge in [-0.1, -0.05) is 6.07 Å². The zero-order chi connectivity index (χ0) is 12.4. The van der Waals surface area contributed by atoms with E-state index in [0.717, 1.165) is 22.0 Å². The third-order valence-corrected chi connectivity index (χ3v) is 3.29. The lowest BCUT2D eigenvalue weighted by Gasteiger charge is -2.04. The Kier molecular flexibility index (Phi) is 3.49. The van der Waals surface area contributed by atoms with Gasteiger partial charge in [0, 0.05) is 12.2 Å². The van der Waals surface area contributed by atoms with E-state index in [0.29, 0.717) is 5.22 Å². The molecule has 0 aliphatic rings. The first-order valence-corrected chi connectivity index (χ1v) is 6.21. The average molecular weight is 249 g/mol. The van der Waals surface area contributed by atoms with Gasteiger partial charge in [0.05, 0.1) is 5.69 Å². The largest absolute Gasteiger partial charge is 0.436 e. The second-order valence-electron chi connectivity index (χ2n) is 3.94. The van der Waals surface area contributed by atoms with Crippen LogP contribution in [0, 0.1) is 13.8 Å². The SMILES string of the molecule is Cc1nc(Sc2ccc([C@H](C)N)cn2)oc1C. The van der Waals surface area contributed by atoms with E-state index in [2.05, 4.69) is 9.97 Å². The summed E-state index contributed by atoms with van der Waals surface area (Å²) >= 11 is 1.41. The Morgan fingerprint density at radius 1 is 1.35 bits per heavy atom. The van der Waals surface area contributed by atoms with E-state index in [9.17, 15) is 0 Å². The summed E-state index contributed by atoms with van der Waals surface area (Å²) in [4.78, 5) is 8.61. The molecule has 0 bridgehead atoms. The van der Waals surface area contributed by atoms with Gasteiger partial charge in [-0.25, -0.2) is 9.97 Å². The van der Waals surface area contributed by atoms with Crippen LogP contribution < -0.4 is 5.73 Å². The fourth-order valence-corrected chi connectivity index (χ4v) is 2.07. The summed E-state index contributed by atoms with van der Waals surface area (Å²) in [5.74, 6) is 0.847. The van der Waals surface area contributed by atoms with Crippen LogP contribution in [0.25, 0.3) is 0 Å². The van der Waals surface area contributed by atoms with Gasteiger partial charge < -0.3 is 10.2 Å². The second kappa shape index (κ2) is 4.89. The van der Waals surface area contributed by atoms with Gasteiger partial charge in [0.25, 0.3) is 5.22 Å². The van der Waals surface area contributed by atoms with Crippen LogP contribution in [0.3, 0.4) is 0 Å². The lowest BCUT2D eigenvalue weighted by atomic mass is 10.2. The molecule has 0 saturated heterocycles. The predicted molar refractivity (Wildman–Crippen MR) is 66.9 cm³/mol. The molecule has 2 aromatic rings. The van der Waals surface area contributed by atoms with Crippen molar-refractivity contribution in [1.82, 2.24) is 9.97 Å². The van der Waals surface area contributed by atoms with Crippen LogP contribution >= 0.6 is 11.8 Å². The molecule has 0 aliphatic carbocycles. The monoisotopic (exact) mass is 249 g/mol. The number of rotatable bonds is 3. The molecule has 90 valence electrons. The van der Waals surface area contributed by atoms with Gasteiger partial charge in [0.15, 0.2) is 0 Å². The van der Waals surface area contributed by atoms with Gasteiger partial charge in [-0.05, 0) is 44.2 Å². The summed E-state index contributed by atoms with van der Waals surface area (Å²) in [6.45, 7) is 5.76. The van der Waals surface area contributed by atoms with Crippen molar-refractivity contribution < 1.29 is 4.42 Å². The van der Waals surface area contributed by atoms with Crippen LogP contribution in [-0.2, 0) is 0 Å². The zero-order valence-corrected chi connectivity index (χ0v) is 10.9. The van der Waals surface area contributed by atoms with Crippen molar-refractivity contribution in [2.24, 2.45) is 5.73 Å². The van der Waals surface area contributed by atoms with Gasteiger partial charge in [0.2, 0.25) is 0 Å². The third kappa shape index (κ3) is 2.87. The second-order valence-corrected chi connectivity index (χ2v) is 4.91. The Morgan fingerprint density at radius 2 is 2.12 bits per heavy atom. The van der Waals surface area contributed by atoms with E-state index < -0.39 is 0 Å². The fraction of sp³-hybridized carbons (Fsp3) is 0.333. The molecule has 0 saturated carbocycles. The van der Waals surface area contributed by atoms with E-state index in [1.165, 1.54) is 11.8 Å². The van der Waals surface area contributed by atoms with Gasteiger partial charge in [0.1, 0.15) is 10.8 Å². The Balaban J connectivity index is 2.13. The summed E-state index contributed by atoms with van der Waals surface area (Å²) in [6, 6.07) is 3.91. The Morgan fingerprint density at radius 3 is 2.59 bits per heavy atom. The molecule has 0 radical (unpaired) electrons. The first-order valence-electron chi connectivity index (χ1n) is 5.39. The lowest BCUT2D eigenvalue weighted by Crippen LogP contribution is -2.04. The zero-order valence-electron chi connectivity index (χ0n) is 10.1. The molecular weight excluding hydrogens is 234 g/mol. The highest BCUT2D eigenvalue weighted by molar-refractivity contribution is 7.99.